The highest BCUT2D eigenvalue weighted by Gasteiger charge is 2.31. The number of fused-ring (bicyclic) bond motifs is 2. The van der Waals surface area contributed by atoms with Crippen LogP contribution in [0.2, 0.25) is 10.0 Å². The number of amides is 3. The fourth-order valence-corrected chi connectivity index (χ4v) is 5.64. The Hall–Kier alpha value is -3.70. The summed E-state index contributed by atoms with van der Waals surface area (Å²) in [7, 11) is 2.00. The average molecular weight is 644 g/mol. The molecule has 3 amide bonds. The number of nitrogens with zero attached hydrogens (tertiary/aromatic N) is 2. The largest absolute Gasteiger partial charge is 0.488 e. The zero-order chi connectivity index (χ0) is 31.4. The molecule has 44 heavy (non-hydrogen) atoms. The van der Waals surface area contributed by atoms with Gasteiger partial charge in [0.1, 0.15) is 11.9 Å². The van der Waals surface area contributed by atoms with E-state index in [0.29, 0.717) is 63.9 Å². The van der Waals surface area contributed by atoms with E-state index in [2.05, 4.69) is 15.5 Å². The van der Waals surface area contributed by atoms with Gasteiger partial charge in [-0.1, -0.05) is 36.2 Å². The van der Waals surface area contributed by atoms with Gasteiger partial charge in [0, 0.05) is 48.6 Å². The third kappa shape index (κ3) is 7.68. The molecule has 0 bridgehead atoms. The third-order valence-electron chi connectivity index (χ3n) is 7.73. The van der Waals surface area contributed by atoms with Crippen LogP contribution < -0.4 is 24.8 Å². The van der Waals surface area contributed by atoms with E-state index in [1.54, 1.807) is 47.4 Å². The van der Waals surface area contributed by atoms with Crippen molar-refractivity contribution in [3.63, 3.8) is 0 Å². The van der Waals surface area contributed by atoms with Crippen LogP contribution in [0.15, 0.2) is 54.6 Å². The summed E-state index contributed by atoms with van der Waals surface area (Å²) in [6, 6.07) is 15.2. The van der Waals surface area contributed by atoms with Gasteiger partial charge < -0.3 is 34.9 Å². The first-order valence-corrected chi connectivity index (χ1v) is 15.1. The second-order valence-corrected chi connectivity index (χ2v) is 12.1. The molecule has 3 atom stereocenters. The lowest BCUT2D eigenvalue weighted by Gasteiger charge is -2.34. The summed E-state index contributed by atoms with van der Waals surface area (Å²) in [6.45, 7) is 5.46. The molecule has 2 aliphatic rings. The van der Waals surface area contributed by atoms with Gasteiger partial charge in [-0.05, 0) is 62.0 Å². The van der Waals surface area contributed by atoms with E-state index in [1.165, 1.54) is 0 Å². The molecule has 0 radical (unpaired) electrons. The highest BCUT2D eigenvalue weighted by molar-refractivity contribution is 6.42. The number of rotatable bonds is 8. The minimum atomic E-state index is -0.454. The highest BCUT2D eigenvalue weighted by atomic mass is 35.5. The molecular formula is C32H36Cl2N4O6. The van der Waals surface area contributed by atoms with Crippen molar-refractivity contribution < 1.29 is 28.9 Å². The Morgan fingerprint density at radius 2 is 1.73 bits per heavy atom. The fraction of sp³-hybridized carbons (Fsp3) is 0.375. The van der Waals surface area contributed by atoms with Gasteiger partial charge in [-0.3, -0.25) is 9.69 Å². The smallest absolute Gasteiger partial charge is 0.323 e. The standard InChI is InChI=1S/C32H36Cl2N4O6/c1-19-14-38(20(2)17-39)31(40)12-22-11-23(35-32(41)36-24-6-9-28-29(13-24)43-18-42-28)5-8-27(22)44-30(19)16-37(3)15-21-4-7-25(33)26(34)10-21/h4-11,13,19-20,30,39H,12,14-18H2,1-3H3,(H2,35,36,41)/t19-,20+,30+/m0/s1. The van der Waals surface area contributed by atoms with Crippen LogP contribution in [-0.4, -0.2) is 72.5 Å². The van der Waals surface area contributed by atoms with Crippen molar-refractivity contribution in [1.29, 1.82) is 0 Å². The van der Waals surface area contributed by atoms with E-state index in [0.717, 1.165) is 5.56 Å². The second kappa shape index (κ2) is 13.9. The Bertz CT molecular complexity index is 1520. The zero-order valence-electron chi connectivity index (χ0n) is 24.8. The number of ether oxygens (including phenoxy) is 3. The Balaban J connectivity index is 1.34. The Morgan fingerprint density at radius 1 is 1.02 bits per heavy atom. The molecule has 12 heteroatoms. The molecule has 2 heterocycles. The van der Waals surface area contributed by atoms with Crippen molar-refractivity contribution in [2.45, 2.75) is 39.0 Å². The number of urea groups is 1. The van der Waals surface area contributed by atoms with E-state index in [9.17, 15) is 14.7 Å². The minimum Gasteiger partial charge on any atom is -0.488 e. The van der Waals surface area contributed by atoms with Crippen molar-refractivity contribution in [1.82, 2.24) is 9.80 Å². The summed E-state index contributed by atoms with van der Waals surface area (Å²) in [4.78, 5) is 30.2. The first-order chi connectivity index (χ1) is 21.1. The number of carbonyl (C=O) groups excluding carboxylic acids is 2. The average Bonchev–Trinajstić information content (AvgIpc) is 3.46. The van der Waals surface area contributed by atoms with Crippen LogP contribution >= 0.6 is 23.2 Å². The molecule has 5 rings (SSSR count). The number of aliphatic hydroxyl groups is 1. The van der Waals surface area contributed by atoms with Gasteiger partial charge in [0.05, 0.1) is 29.1 Å². The van der Waals surface area contributed by atoms with E-state index in [4.69, 9.17) is 37.4 Å². The van der Waals surface area contributed by atoms with Gasteiger partial charge in [0.2, 0.25) is 12.7 Å². The van der Waals surface area contributed by atoms with E-state index in [-0.39, 0.29) is 43.8 Å². The lowest BCUT2D eigenvalue weighted by atomic mass is 10.0. The topological polar surface area (TPSA) is 113 Å². The van der Waals surface area contributed by atoms with Crippen LogP contribution in [-0.2, 0) is 17.8 Å². The Labute approximate surface area is 266 Å². The lowest BCUT2D eigenvalue weighted by Crippen LogP contribution is -2.47. The molecule has 0 saturated carbocycles. The molecule has 0 unspecified atom stereocenters. The summed E-state index contributed by atoms with van der Waals surface area (Å²) >= 11 is 12.3. The van der Waals surface area contributed by atoms with Gasteiger partial charge in [0.25, 0.3) is 0 Å². The number of likely N-dealkylation sites (N-methyl/N-ethyl adjacent to an activating group) is 1. The van der Waals surface area contributed by atoms with Crippen molar-refractivity contribution >= 4 is 46.5 Å². The molecule has 2 aliphatic heterocycles. The molecular weight excluding hydrogens is 607 g/mol. The van der Waals surface area contributed by atoms with Gasteiger partial charge >= 0.3 is 6.03 Å². The van der Waals surface area contributed by atoms with Crippen molar-refractivity contribution in [3.8, 4) is 17.2 Å². The minimum absolute atomic E-state index is 0.0531. The van der Waals surface area contributed by atoms with E-state index >= 15 is 0 Å². The monoisotopic (exact) mass is 642 g/mol. The summed E-state index contributed by atoms with van der Waals surface area (Å²) in [6.07, 6.45) is -0.230. The summed E-state index contributed by atoms with van der Waals surface area (Å²) in [5, 5.41) is 16.6. The quantitative estimate of drug-likeness (QED) is 0.291. The molecule has 0 aromatic heterocycles. The first-order valence-electron chi connectivity index (χ1n) is 14.4. The number of nitrogens with one attached hydrogen (secondary N) is 2. The van der Waals surface area contributed by atoms with Gasteiger partial charge in [-0.2, -0.15) is 0 Å². The van der Waals surface area contributed by atoms with Crippen LogP contribution in [0.5, 0.6) is 17.2 Å². The molecule has 10 nitrogen and oxygen atoms in total. The number of aliphatic hydroxyl groups excluding tert-OH is 1. The number of halogens is 2. The summed E-state index contributed by atoms with van der Waals surface area (Å²) in [5.74, 6) is 1.56. The number of anilines is 2. The maximum atomic E-state index is 13.5. The van der Waals surface area contributed by atoms with Crippen LogP contribution in [0, 0.1) is 5.92 Å². The number of hydrogen-bond acceptors (Lipinski definition) is 7. The molecule has 3 aromatic rings. The fourth-order valence-electron chi connectivity index (χ4n) is 5.31. The molecule has 0 saturated heterocycles. The van der Waals surface area contributed by atoms with E-state index < -0.39 is 6.03 Å². The van der Waals surface area contributed by atoms with Gasteiger partial charge in [0.15, 0.2) is 11.5 Å². The lowest BCUT2D eigenvalue weighted by molar-refractivity contribution is -0.134. The summed E-state index contributed by atoms with van der Waals surface area (Å²) < 4.78 is 17.3. The van der Waals surface area contributed by atoms with Crippen LogP contribution in [0.3, 0.4) is 0 Å². The molecule has 0 fully saturated rings. The number of carbonyl (C=O) groups is 2. The maximum Gasteiger partial charge on any atom is 0.323 e. The third-order valence-corrected chi connectivity index (χ3v) is 8.47. The Morgan fingerprint density at radius 3 is 2.45 bits per heavy atom. The predicted molar refractivity (Wildman–Crippen MR) is 170 cm³/mol. The number of benzene rings is 3. The van der Waals surface area contributed by atoms with Crippen molar-refractivity contribution in [2.24, 2.45) is 5.92 Å². The molecule has 0 spiro atoms. The van der Waals surface area contributed by atoms with Gasteiger partial charge in [-0.15, -0.1) is 0 Å². The molecule has 3 aromatic carbocycles. The normalized spacial score (nSPS) is 18.5. The zero-order valence-corrected chi connectivity index (χ0v) is 26.3. The first kappa shape index (κ1) is 31.7. The highest BCUT2D eigenvalue weighted by Crippen LogP contribution is 2.34. The van der Waals surface area contributed by atoms with E-state index in [1.807, 2.05) is 33.0 Å². The van der Waals surface area contributed by atoms with Crippen molar-refractivity contribution in [2.75, 3.05) is 44.2 Å². The summed E-state index contributed by atoms with van der Waals surface area (Å²) in [5.41, 5.74) is 2.69. The maximum absolute atomic E-state index is 13.5. The Kier molecular flexibility index (Phi) is 10.1. The second-order valence-electron chi connectivity index (χ2n) is 11.3. The predicted octanol–water partition coefficient (Wildman–Crippen LogP) is 5.65. The number of hydrogen-bond donors (Lipinski definition) is 3. The van der Waals surface area contributed by atoms with Crippen LogP contribution in [0.1, 0.15) is 25.0 Å². The SMILES string of the molecule is C[C@H](CO)N1C[C@H](C)[C@@H](CN(C)Cc2ccc(Cl)c(Cl)c2)Oc2ccc(NC(=O)Nc3ccc4c(c3)OCO4)cc2CC1=O. The van der Waals surface area contributed by atoms with Crippen molar-refractivity contribution in [3.05, 3.63) is 75.8 Å². The van der Waals surface area contributed by atoms with Gasteiger partial charge in [-0.25, -0.2) is 4.79 Å². The van der Waals surface area contributed by atoms with Crippen LogP contribution in [0.25, 0.3) is 0 Å². The van der Waals surface area contributed by atoms with Crippen LogP contribution in [0.4, 0.5) is 16.2 Å². The molecule has 234 valence electrons. The molecule has 3 N–H and O–H groups in total. The molecule has 0 aliphatic carbocycles.